The van der Waals surface area contributed by atoms with Crippen molar-refractivity contribution in [2.45, 2.75) is 38.4 Å². The molecular weight excluding hydrogens is 371 g/mol. The van der Waals surface area contributed by atoms with Crippen molar-refractivity contribution in [2.24, 2.45) is 0 Å². The highest BCUT2D eigenvalue weighted by molar-refractivity contribution is 5.88. The first-order valence-corrected chi connectivity index (χ1v) is 9.13. The smallest absolute Gasteiger partial charge is 0.353 e. The summed E-state index contributed by atoms with van der Waals surface area (Å²) >= 11 is 0. The van der Waals surface area contributed by atoms with E-state index in [1.165, 1.54) is 12.1 Å². The van der Waals surface area contributed by atoms with Gasteiger partial charge >= 0.3 is 6.18 Å². The summed E-state index contributed by atoms with van der Waals surface area (Å²) in [4.78, 5) is 26.3. The normalized spacial score (nSPS) is 20.1. The molecule has 1 aliphatic rings. The van der Waals surface area contributed by atoms with Crippen LogP contribution in [0.4, 0.5) is 13.2 Å². The van der Waals surface area contributed by atoms with Crippen LogP contribution in [0.25, 0.3) is 0 Å². The lowest BCUT2D eigenvalue weighted by molar-refractivity contribution is -0.139. The predicted molar refractivity (Wildman–Crippen MR) is 99.2 cm³/mol. The summed E-state index contributed by atoms with van der Waals surface area (Å²) in [5.41, 5.74) is -1.26. The summed E-state index contributed by atoms with van der Waals surface area (Å²) in [6.45, 7) is 4.95. The summed E-state index contributed by atoms with van der Waals surface area (Å²) in [6, 6.07) is 4.72. The maximum absolute atomic E-state index is 12.7. The molecule has 0 spiro atoms. The van der Waals surface area contributed by atoms with Crippen LogP contribution in [0.5, 0.6) is 0 Å². The number of carbonyl (C=O) groups is 2. The van der Waals surface area contributed by atoms with E-state index in [4.69, 9.17) is 0 Å². The van der Waals surface area contributed by atoms with Crippen LogP contribution in [0, 0.1) is 11.8 Å². The van der Waals surface area contributed by atoms with E-state index in [0.717, 1.165) is 18.6 Å². The predicted octanol–water partition coefficient (Wildman–Crippen LogP) is 2.16. The minimum atomic E-state index is -4.42. The molecule has 1 atom stereocenters. The van der Waals surface area contributed by atoms with Crippen LogP contribution in [0.15, 0.2) is 24.3 Å². The van der Waals surface area contributed by atoms with Crippen molar-refractivity contribution in [1.29, 1.82) is 0 Å². The van der Waals surface area contributed by atoms with Crippen LogP contribution >= 0.6 is 0 Å². The molecule has 0 unspecified atom stereocenters. The van der Waals surface area contributed by atoms with Gasteiger partial charge in [0, 0.05) is 18.7 Å². The Morgan fingerprint density at radius 2 is 2.14 bits per heavy atom. The zero-order valence-corrected chi connectivity index (χ0v) is 15.9. The maximum atomic E-state index is 12.7. The second-order valence-corrected chi connectivity index (χ2v) is 6.86. The molecule has 1 saturated heterocycles. The first-order valence-electron chi connectivity index (χ1n) is 9.13. The molecule has 2 amide bonds. The lowest BCUT2D eigenvalue weighted by Gasteiger charge is -2.43. The van der Waals surface area contributed by atoms with E-state index in [1.807, 2.05) is 18.7 Å². The average molecular weight is 395 g/mol. The second kappa shape index (κ2) is 9.11. The Hall–Kier alpha value is -2.53. The Morgan fingerprint density at radius 1 is 1.39 bits per heavy atom. The first-order chi connectivity index (χ1) is 13.2. The molecule has 0 aliphatic carbocycles. The third-order valence-corrected chi connectivity index (χ3v) is 4.72. The Bertz CT molecular complexity index is 783. The lowest BCUT2D eigenvalue weighted by atomic mass is 9.90. The van der Waals surface area contributed by atoms with Gasteiger partial charge in [-0.3, -0.25) is 14.5 Å². The van der Waals surface area contributed by atoms with E-state index >= 15 is 0 Å². The van der Waals surface area contributed by atoms with E-state index in [-0.39, 0.29) is 30.5 Å². The van der Waals surface area contributed by atoms with Crippen LogP contribution in [0.1, 0.15) is 37.8 Å². The number of nitrogens with one attached hydrogen (secondary N) is 2. The number of hydrogen-bond donors (Lipinski definition) is 2. The van der Waals surface area contributed by atoms with Gasteiger partial charge in [-0.25, -0.2) is 0 Å². The van der Waals surface area contributed by atoms with Crippen LogP contribution in [0.2, 0.25) is 0 Å². The van der Waals surface area contributed by atoms with E-state index in [1.54, 1.807) is 0 Å². The molecule has 2 rings (SSSR count). The summed E-state index contributed by atoms with van der Waals surface area (Å²) < 4.78 is 38.1. The van der Waals surface area contributed by atoms with Gasteiger partial charge in [0.05, 0.1) is 24.2 Å². The minimum Gasteiger partial charge on any atom is -0.353 e. The fraction of sp³-hybridized carbons (Fsp3) is 0.500. The molecule has 0 saturated carbocycles. The largest absolute Gasteiger partial charge is 0.416 e. The third-order valence-electron chi connectivity index (χ3n) is 4.72. The summed E-state index contributed by atoms with van der Waals surface area (Å²) in [5.74, 6) is 4.91. The van der Waals surface area contributed by atoms with Crippen molar-refractivity contribution in [3.63, 3.8) is 0 Å². The molecule has 0 radical (unpaired) electrons. The van der Waals surface area contributed by atoms with Crippen molar-refractivity contribution in [3.8, 4) is 11.8 Å². The lowest BCUT2D eigenvalue weighted by Crippen LogP contribution is -2.64. The van der Waals surface area contributed by atoms with Crippen molar-refractivity contribution in [1.82, 2.24) is 15.5 Å². The van der Waals surface area contributed by atoms with Gasteiger partial charge in [-0.2, -0.15) is 13.2 Å². The van der Waals surface area contributed by atoms with E-state index in [2.05, 4.69) is 22.5 Å². The quantitative estimate of drug-likeness (QED) is 0.752. The van der Waals surface area contributed by atoms with Crippen molar-refractivity contribution in [3.05, 3.63) is 35.4 Å². The zero-order chi connectivity index (χ0) is 20.8. The number of benzene rings is 1. The zero-order valence-electron chi connectivity index (χ0n) is 15.9. The average Bonchev–Trinajstić information content (AvgIpc) is 2.63. The Morgan fingerprint density at radius 3 is 2.82 bits per heavy atom. The number of halogens is 3. The number of nitrogens with zero attached hydrogens (tertiary/aromatic N) is 1. The van der Waals surface area contributed by atoms with Crippen molar-refractivity contribution >= 4 is 11.8 Å². The molecule has 0 bridgehead atoms. The number of carbonyl (C=O) groups excluding carboxylic acids is 2. The monoisotopic (exact) mass is 395 g/mol. The van der Waals surface area contributed by atoms with Gasteiger partial charge in [0.2, 0.25) is 11.8 Å². The molecule has 1 heterocycles. The SMILES string of the molecule is CCC[C@]1(C)C(=O)NCCN1CC(=O)NCC#Cc1cccc(C(F)(F)F)c1. The molecule has 1 aliphatic heterocycles. The molecule has 28 heavy (non-hydrogen) atoms. The fourth-order valence-electron chi connectivity index (χ4n) is 3.19. The fourth-order valence-corrected chi connectivity index (χ4v) is 3.19. The number of piperazine rings is 1. The van der Waals surface area contributed by atoms with Crippen LogP contribution < -0.4 is 10.6 Å². The maximum Gasteiger partial charge on any atom is 0.416 e. The number of rotatable bonds is 5. The van der Waals surface area contributed by atoms with E-state index in [9.17, 15) is 22.8 Å². The number of amides is 2. The molecule has 1 aromatic rings. The van der Waals surface area contributed by atoms with Crippen LogP contribution in [-0.4, -0.2) is 48.4 Å². The Kier molecular flexibility index (Phi) is 7.08. The molecule has 152 valence electrons. The molecule has 0 aromatic heterocycles. The van der Waals surface area contributed by atoms with Gasteiger partial charge < -0.3 is 10.6 Å². The summed E-state index contributed by atoms with van der Waals surface area (Å²) in [6.07, 6.45) is -2.97. The van der Waals surface area contributed by atoms with Gasteiger partial charge in [0.15, 0.2) is 0 Å². The highest BCUT2D eigenvalue weighted by Gasteiger charge is 2.41. The van der Waals surface area contributed by atoms with Gasteiger partial charge in [0.25, 0.3) is 0 Å². The molecular formula is C20H24F3N3O2. The highest BCUT2D eigenvalue weighted by atomic mass is 19.4. The van der Waals surface area contributed by atoms with Gasteiger partial charge in [-0.05, 0) is 31.5 Å². The topological polar surface area (TPSA) is 61.4 Å². The van der Waals surface area contributed by atoms with Gasteiger partial charge in [-0.15, -0.1) is 0 Å². The first kappa shape index (κ1) is 21.8. The van der Waals surface area contributed by atoms with E-state index < -0.39 is 17.3 Å². The summed E-state index contributed by atoms with van der Waals surface area (Å²) in [7, 11) is 0. The van der Waals surface area contributed by atoms with Crippen LogP contribution in [0.3, 0.4) is 0 Å². The molecule has 1 fully saturated rings. The molecule has 1 aromatic carbocycles. The minimum absolute atomic E-state index is 0.0135. The Labute approximate surface area is 162 Å². The Balaban J connectivity index is 1.91. The third kappa shape index (κ3) is 5.49. The number of hydrogen-bond acceptors (Lipinski definition) is 3. The second-order valence-electron chi connectivity index (χ2n) is 6.86. The highest BCUT2D eigenvalue weighted by Crippen LogP contribution is 2.29. The number of alkyl halides is 3. The van der Waals surface area contributed by atoms with Gasteiger partial charge in [0.1, 0.15) is 0 Å². The van der Waals surface area contributed by atoms with Crippen molar-refractivity contribution < 1.29 is 22.8 Å². The standard InChI is InChI=1S/C20H24F3N3O2/c1-3-9-19(2)18(28)25-11-12-26(19)14-17(27)24-10-5-7-15-6-4-8-16(13-15)20(21,22)23/h4,6,8,13H,3,9-12,14H2,1-2H3,(H,24,27)(H,25,28)/t19-/m1/s1. The molecule has 8 heteroatoms. The van der Waals surface area contributed by atoms with Crippen molar-refractivity contribution in [2.75, 3.05) is 26.2 Å². The molecule has 5 nitrogen and oxygen atoms in total. The summed E-state index contributed by atoms with van der Waals surface area (Å²) in [5, 5.41) is 5.46. The molecule has 2 N–H and O–H groups in total. The van der Waals surface area contributed by atoms with Gasteiger partial charge in [-0.1, -0.05) is 31.3 Å². The van der Waals surface area contributed by atoms with Crippen LogP contribution in [-0.2, 0) is 15.8 Å². The van der Waals surface area contributed by atoms with E-state index in [0.29, 0.717) is 19.5 Å².